The fourth-order valence-corrected chi connectivity index (χ4v) is 3.72. The molecule has 0 saturated carbocycles. The number of carbonyl (C=O) groups excluding carboxylic acids is 1. The molecule has 2 aliphatic heterocycles. The van der Waals surface area contributed by atoms with Gasteiger partial charge >= 0.3 is 0 Å². The summed E-state index contributed by atoms with van der Waals surface area (Å²) in [6.07, 6.45) is 5.50. The van der Waals surface area contributed by atoms with E-state index in [0.29, 0.717) is 31.0 Å². The highest BCUT2D eigenvalue weighted by Crippen LogP contribution is 2.32. The SMILES string of the molecule is NC(CNC(=O)CC1CC2CCC(C1)N2)c1ccccc1. The number of nitrogens with two attached hydrogens (primary N) is 1. The Labute approximate surface area is 126 Å². The molecule has 0 spiro atoms. The molecular weight excluding hydrogens is 262 g/mol. The van der Waals surface area contributed by atoms with E-state index >= 15 is 0 Å². The third-order valence-electron chi connectivity index (χ3n) is 4.79. The third kappa shape index (κ3) is 3.83. The molecule has 2 fully saturated rings. The van der Waals surface area contributed by atoms with Crippen molar-refractivity contribution in [2.45, 2.75) is 50.2 Å². The summed E-state index contributed by atoms with van der Waals surface area (Å²) in [5, 5.41) is 6.61. The largest absolute Gasteiger partial charge is 0.354 e. The van der Waals surface area contributed by atoms with Crippen molar-refractivity contribution in [2.24, 2.45) is 11.7 Å². The Kier molecular flexibility index (Phi) is 4.56. The zero-order valence-corrected chi connectivity index (χ0v) is 12.4. The lowest BCUT2D eigenvalue weighted by atomic mass is 9.89. The van der Waals surface area contributed by atoms with Gasteiger partial charge in [0.2, 0.25) is 5.91 Å². The van der Waals surface area contributed by atoms with Crippen molar-refractivity contribution in [2.75, 3.05) is 6.54 Å². The molecule has 21 heavy (non-hydrogen) atoms. The van der Waals surface area contributed by atoms with Crippen LogP contribution in [0.4, 0.5) is 0 Å². The van der Waals surface area contributed by atoms with E-state index in [1.165, 1.54) is 12.8 Å². The van der Waals surface area contributed by atoms with Gasteiger partial charge in [-0.05, 0) is 37.2 Å². The van der Waals surface area contributed by atoms with E-state index in [0.717, 1.165) is 18.4 Å². The van der Waals surface area contributed by atoms with E-state index < -0.39 is 0 Å². The van der Waals surface area contributed by atoms with Crippen LogP contribution in [0.1, 0.15) is 43.7 Å². The molecule has 0 radical (unpaired) electrons. The molecule has 2 aliphatic rings. The van der Waals surface area contributed by atoms with Gasteiger partial charge in [-0.2, -0.15) is 0 Å². The third-order valence-corrected chi connectivity index (χ3v) is 4.79. The highest BCUT2D eigenvalue weighted by molar-refractivity contribution is 5.76. The maximum atomic E-state index is 12.1. The highest BCUT2D eigenvalue weighted by Gasteiger charge is 2.34. The van der Waals surface area contributed by atoms with Crippen LogP contribution in [0.25, 0.3) is 0 Å². The van der Waals surface area contributed by atoms with Crippen molar-refractivity contribution in [1.82, 2.24) is 10.6 Å². The number of rotatable bonds is 5. The van der Waals surface area contributed by atoms with E-state index in [2.05, 4.69) is 10.6 Å². The molecule has 3 unspecified atom stereocenters. The second-order valence-corrected chi connectivity index (χ2v) is 6.50. The van der Waals surface area contributed by atoms with Crippen LogP contribution in [0.5, 0.6) is 0 Å². The Morgan fingerprint density at radius 2 is 1.90 bits per heavy atom. The molecule has 4 heteroatoms. The summed E-state index contributed by atoms with van der Waals surface area (Å²) in [5.74, 6) is 0.685. The second kappa shape index (κ2) is 6.58. The van der Waals surface area contributed by atoms with Crippen LogP contribution < -0.4 is 16.4 Å². The molecule has 4 nitrogen and oxygen atoms in total. The molecule has 2 bridgehead atoms. The highest BCUT2D eigenvalue weighted by atomic mass is 16.1. The number of carbonyl (C=O) groups is 1. The number of fused-ring (bicyclic) bond motifs is 2. The number of hydrogen-bond donors (Lipinski definition) is 3. The molecule has 2 heterocycles. The topological polar surface area (TPSA) is 67.1 Å². The molecular formula is C17H25N3O. The van der Waals surface area contributed by atoms with Crippen LogP contribution >= 0.6 is 0 Å². The summed E-state index contributed by atoms with van der Waals surface area (Å²) in [4.78, 5) is 12.1. The van der Waals surface area contributed by atoms with Crippen LogP contribution in [-0.4, -0.2) is 24.5 Å². The van der Waals surface area contributed by atoms with Gasteiger partial charge in [0, 0.05) is 31.1 Å². The normalized spacial score (nSPS) is 29.1. The number of nitrogens with one attached hydrogen (secondary N) is 2. The van der Waals surface area contributed by atoms with Crippen molar-refractivity contribution in [3.05, 3.63) is 35.9 Å². The van der Waals surface area contributed by atoms with Crippen LogP contribution in [0, 0.1) is 5.92 Å². The van der Waals surface area contributed by atoms with E-state index in [9.17, 15) is 4.79 Å². The first-order valence-electron chi connectivity index (χ1n) is 8.04. The molecule has 4 N–H and O–H groups in total. The summed E-state index contributed by atoms with van der Waals surface area (Å²) >= 11 is 0. The average Bonchev–Trinajstić information content (AvgIpc) is 2.84. The van der Waals surface area contributed by atoms with Gasteiger partial charge in [-0.25, -0.2) is 0 Å². The molecule has 0 aliphatic carbocycles. The van der Waals surface area contributed by atoms with E-state index in [1.54, 1.807) is 0 Å². The quantitative estimate of drug-likeness (QED) is 0.772. The van der Waals surface area contributed by atoms with Crippen LogP contribution in [0.3, 0.4) is 0 Å². The minimum Gasteiger partial charge on any atom is -0.354 e. The van der Waals surface area contributed by atoms with Crippen LogP contribution in [0.15, 0.2) is 30.3 Å². The first kappa shape index (κ1) is 14.5. The molecule has 1 amide bonds. The van der Waals surface area contributed by atoms with Gasteiger partial charge in [-0.3, -0.25) is 4.79 Å². The molecule has 0 aromatic heterocycles. The zero-order valence-electron chi connectivity index (χ0n) is 12.4. The van der Waals surface area contributed by atoms with Gasteiger partial charge in [0.25, 0.3) is 0 Å². The number of benzene rings is 1. The molecule has 1 aromatic carbocycles. The Bertz CT molecular complexity index is 464. The van der Waals surface area contributed by atoms with E-state index in [-0.39, 0.29) is 11.9 Å². The smallest absolute Gasteiger partial charge is 0.220 e. The summed E-state index contributed by atoms with van der Waals surface area (Å²) in [6.45, 7) is 0.515. The predicted molar refractivity (Wildman–Crippen MR) is 83.7 cm³/mol. The standard InChI is InChI=1S/C17H25N3O/c18-16(13-4-2-1-3-5-13)11-19-17(21)10-12-8-14-6-7-15(9-12)20-14/h1-5,12,14-16,20H,6-11,18H2,(H,19,21). The second-order valence-electron chi connectivity index (χ2n) is 6.50. The van der Waals surface area contributed by atoms with Crippen molar-refractivity contribution in [3.63, 3.8) is 0 Å². The van der Waals surface area contributed by atoms with Crippen molar-refractivity contribution < 1.29 is 4.79 Å². The van der Waals surface area contributed by atoms with E-state index in [4.69, 9.17) is 5.73 Å². The Morgan fingerprint density at radius 1 is 1.24 bits per heavy atom. The fraction of sp³-hybridized carbons (Fsp3) is 0.588. The Hall–Kier alpha value is -1.39. The first-order chi connectivity index (χ1) is 10.2. The maximum absolute atomic E-state index is 12.1. The van der Waals surface area contributed by atoms with Crippen molar-refractivity contribution >= 4 is 5.91 Å². The van der Waals surface area contributed by atoms with Crippen LogP contribution in [-0.2, 0) is 4.79 Å². The van der Waals surface area contributed by atoms with Gasteiger partial charge in [-0.15, -0.1) is 0 Å². The van der Waals surface area contributed by atoms with Gasteiger partial charge < -0.3 is 16.4 Å². The zero-order chi connectivity index (χ0) is 14.7. The average molecular weight is 287 g/mol. The number of piperidine rings is 1. The molecule has 2 saturated heterocycles. The van der Waals surface area contributed by atoms with Gasteiger partial charge in [-0.1, -0.05) is 30.3 Å². The Balaban J connectivity index is 1.42. The monoisotopic (exact) mass is 287 g/mol. The van der Waals surface area contributed by atoms with Crippen molar-refractivity contribution in [1.29, 1.82) is 0 Å². The molecule has 3 atom stereocenters. The molecule has 1 aromatic rings. The lowest BCUT2D eigenvalue weighted by molar-refractivity contribution is -0.122. The van der Waals surface area contributed by atoms with Crippen molar-refractivity contribution in [3.8, 4) is 0 Å². The number of amides is 1. The molecule has 114 valence electrons. The minimum absolute atomic E-state index is 0.126. The summed E-state index contributed by atoms with van der Waals surface area (Å²) in [6, 6.07) is 11.1. The van der Waals surface area contributed by atoms with E-state index in [1.807, 2.05) is 30.3 Å². The van der Waals surface area contributed by atoms with Crippen LogP contribution in [0.2, 0.25) is 0 Å². The predicted octanol–water partition coefficient (Wildman–Crippen LogP) is 1.72. The van der Waals surface area contributed by atoms with Gasteiger partial charge in [0.05, 0.1) is 0 Å². The minimum atomic E-state index is -0.126. The first-order valence-corrected chi connectivity index (χ1v) is 8.04. The summed E-state index contributed by atoms with van der Waals surface area (Å²) in [7, 11) is 0. The summed E-state index contributed by atoms with van der Waals surface area (Å²) < 4.78 is 0. The molecule has 3 rings (SSSR count). The lowest BCUT2D eigenvalue weighted by Gasteiger charge is -2.28. The fourth-order valence-electron chi connectivity index (χ4n) is 3.72. The van der Waals surface area contributed by atoms with Gasteiger partial charge in [0.15, 0.2) is 0 Å². The Morgan fingerprint density at radius 3 is 2.57 bits per heavy atom. The summed E-state index contributed by atoms with van der Waals surface area (Å²) in [5.41, 5.74) is 7.17. The number of hydrogen-bond acceptors (Lipinski definition) is 3. The maximum Gasteiger partial charge on any atom is 0.220 e. The lowest BCUT2D eigenvalue weighted by Crippen LogP contribution is -2.40. The van der Waals surface area contributed by atoms with Gasteiger partial charge in [0.1, 0.15) is 0 Å².